The molecule has 0 saturated carbocycles. The minimum absolute atomic E-state index is 0.159. The molecule has 0 aliphatic rings. The lowest BCUT2D eigenvalue weighted by Crippen LogP contribution is -2.34. The van der Waals surface area contributed by atoms with Gasteiger partial charge in [0.15, 0.2) is 0 Å². The summed E-state index contributed by atoms with van der Waals surface area (Å²) < 4.78 is 10.5. The Balaban J connectivity index is 2.13. The van der Waals surface area contributed by atoms with Crippen LogP contribution in [0.4, 0.5) is 4.79 Å². The molecule has 0 radical (unpaired) electrons. The van der Waals surface area contributed by atoms with Crippen LogP contribution in [0.2, 0.25) is 0 Å². The first-order chi connectivity index (χ1) is 12.2. The second-order valence-corrected chi connectivity index (χ2v) is 6.62. The smallest absolute Gasteiger partial charge is 0.407 e. The summed E-state index contributed by atoms with van der Waals surface area (Å²) in [7, 11) is 0. The van der Waals surface area contributed by atoms with E-state index in [9.17, 15) is 14.4 Å². The van der Waals surface area contributed by atoms with Gasteiger partial charge in [0.1, 0.15) is 11.4 Å². The molecule has 0 fully saturated rings. The average molecular weight is 365 g/mol. The third-order valence-electron chi connectivity index (χ3n) is 3.06. The van der Waals surface area contributed by atoms with Crippen LogP contribution in [0.1, 0.15) is 44.0 Å². The van der Waals surface area contributed by atoms with Crippen LogP contribution in [0.25, 0.3) is 0 Å². The minimum atomic E-state index is -0.534. The Bertz CT molecular complexity index is 625. The molecule has 8 heteroatoms. The number of primary amides is 1. The molecule has 0 unspecified atom stereocenters. The number of nitrogens with two attached hydrogens (primary N) is 1. The van der Waals surface area contributed by atoms with Crippen LogP contribution in [0.3, 0.4) is 0 Å². The average Bonchev–Trinajstić information content (AvgIpc) is 2.53. The van der Waals surface area contributed by atoms with Crippen LogP contribution in [0.15, 0.2) is 24.3 Å². The summed E-state index contributed by atoms with van der Waals surface area (Å²) in [6.45, 7) is 6.40. The zero-order valence-electron chi connectivity index (χ0n) is 15.5. The number of hydrogen-bond donors (Lipinski definition) is 3. The van der Waals surface area contributed by atoms with Crippen molar-refractivity contribution < 1.29 is 23.9 Å². The van der Waals surface area contributed by atoms with Gasteiger partial charge in [0, 0.05) is 18.7 Å². The van der Waals surface area contributed by atoms with E-state index in [1.54, 1.807) is 39.0 Å². The van der Waals surface area contributed by atoms with Crippen LogP contribution in [0, 0.1) is 0 Å². The number of benzene rings is 1. The SMILES string of the molecule is CC(C)(C)OC(=O)NCCCNC(=O)CCOc1cccc(C(N)=O)c1. The highest BCUT2D eigenvalue weighted by Gasteiger charge is 2.15. The second-order valence-electron chi connectivity index (χ2n) is 6.62. The van der Waals surface area contributed by atoms with Gasteiger partial charge in [-0.2, -0.15) is 0 Å². The lowest BCUT2D eigenvalue weighted by molar-refractivity contribution is -0.121. The Morgan fingerprint density at radius 3 is 2.46 bits per heavy atom. The molecular weight excluding hydrogens is 338 g/mol. The number of ether oxygens (including phenoxy) is 2. The fourth-order valence-electron chi connectivity index (χ4n) is 1.91. The number of carbonyl (C=O) groups excluding carboxylic acids is 3. The van der Waals surface area contributed by atoms with E-state index in [0.29, 0.717) is 30.8 Å². The molecule has 0 aromatic heterocycles. The molecule has 0 atom stereocenters. The van der Waals surface area contributed by atoms with E-state index >= 15 is 0 Å². The molecule has 0 heterocycles. The Labute approximate surface area is 153 Å². The van der Waals surface area contributed by atoms with Gasteiger partial charge in [0.2, 0.25) is 11.8 Å². The van der Waals surface area contributed by atoms with Crippen molar-refractivity contribution in [2.45, 2.75) is 39.2 Å². The predicted octanol–water partition coefficient (Wildman–Crippen LogP) is 1.59. The van der Waals surface area contributed by atoms with Crippen LogP contribution < -0.4 is 21.1 Å². The molecule has 0 saturated heterocycles. The molecule has 0 aliphatic heterocycles. The molecule has 4 N–H and O–H groups in total. The number of alkyl carbamates (subject to hydrolysis) is 1. The first-order valence-electron chi connectivity index (χ1n) is 8.43. The summed E-state index contributed by atoms with van der Waals surface area (Å²) in [5.41, 5.74) is 5.01. The van der Waals surface area contributed by atoms with Gasteiger partial charge in [-0.15, -0.1) is 0 Å². The van der Waals surface area contributed by atoms with E-state index in [4.69, 9.17) is 15.2 Å². The number of rotatable bonds is 9. The maximum atomic E-state index is 11.7. The van der Waals surface area contributed by atoms with Crippen molar-refractivity contribution in [3.8, 4) is 5.75 Å². The highest BCUT2D eigenvalue weighted by molar-refractivity contribution is 5.93. The summed E-state index contributed by atoms with van der Waals surface area (Å²) in [6, 6.07) is 6.47. The van der Waals surface area contributed by atoms with Crippen molar-refractivity contribution >= 4 is 17.9 Å². The molecule has 1 aromatic carbocycles. The third-order valence-corrected chi connectivity index (χ3v) is 3.06. The van der Waals surface area contributed by atoms with Crippen molar-refractivity contribution in [1.82, 2.24) is 10.6 Å². The molecule has 144 valence electrons. The quantitative estimate of drug-likeness (QED) is 0.574. The van der Waals surface area contributed by atoms with Gasteiger partial charge in [0.25, 0.3) is 0 Å². The molecule has 1 aromatic rings. The van der Waals surface area contributed by atoms with Crippen molar-refractivity contribution in [3.63, 3.8) is 0 Å². The van der Waals surface area contributed by atoms with Gasteiger partial charge >= 0.3 is 6.09 Å². The number of nitrogens with one attached hydrogen (secondary N) is 2. The maximum Gasteiger partial charge on any atom is 0.407 e. The van der Waals surface area contributed by atoms with Crippen molar-refractivity contribution in [2.24, 2.45) is 5.73 Å². The number of hydrogen-bond acceptors (Lipinski definition) is 5. The standard InChI is InChI=1S/C18H27N3O5/c1-18(2,3)26-17(24)21-10-5-9-20-15(22)8-11-25-14-7-4-6-13(12-14)16(19)23/h4,6-7,12H,5,8-11H2,1-3H3,(H2,19,23)(H,20,22)(H,21,24). The first kappa shape index (κ1) is 21.3. The Morgan fingerprint density at radius 1 is 1.12 bits per heavy atom. The van der Waals surface area contributed by atoms with E-state index in [0.717, 1.165) is 0 Å². The molecule has 0 aliphatic carbocycles. The molecule has 3 amide bonds. The second kappa shape index (κ2) is 10.3. The number of amides is 3. The van der Waals surface area contributed by atoms with E-state index < -0.39 is 17.6 Å². The zero-order valence-corrected chi connectivity index (χ0v) is 15.5. The zero-order chi connectivity index (χ0) is 19.6. The van der Waals surface area contributed by atoms with Crippen LogP contribution in [0.5, 0.6) is 5.75 Å². The Morgan fingerprint density at radius 2 is 1.81 bits per heavy atom. The summed E-state index contributed by atoms with van der Waals surface area (Å²) in [6.07, 6.45) is 0.294. The topological polar surface area (TPSA) is 120 Å². The summed E-state index contributed by atoms with van der Waals surface area (Å²) in [5, 5.41) is 5.35. The van der Waals surface area contributed by atoms with Crippen molar-refractivity contribution in [2.75, 3.05) is 19.7 Å². The van der Waals surface area contributed by atoms with Gasteiger partial charge < -0.3 is 25.8 Å². The Hall–Kier alpha value is -2.77. The number of carbonyl (C=O) groups is 3. The van der Waals surface area contributed by atoms with Gasteiger partial charge in [-0.25, -0.2) is 4.79 Å². The van der Waals surface area contributed by atoms with E-state index in [2.05, 4.69) is 10.6 Å². The predicted molar refractivity (Wildman–Crippen MR) is 96.9 cm³/mol. The van der Waals surface area contributed by atoms with Gasteiger partial charge in [-0.05, 0) is 45.4 Å². The molecule has 0 spiro atoms. The third kappa shape index (κ3) is 9.51. The molecule has 26 heavy (non-hydrogen) atoms. The van der Waals surface area contributed by atoms with E-state index in [1.807, 2.05) is 0 Å². The Kier molecular flexibility index (Phi) is 8.41. The monoisotopic (exact) mass is 365 g/mol. The van der Waals surface area contributed by atoms with E-state index in [-0.39, 0.29) is 18.9 Å². The molecule has 8 nitrogen and oxygen atoms in total. The van der Waals surface area contributed by atoms with E-state index in [1.165, 1.54) is 6.07 Å². The van der Waals surface area contributed by atoms with Crippen LogP contribution in [-0.2, 0) is 9.53 Å². The highest BCUT2D eigenvalue weighted by atomic mass is 16.6. The van der Waals surface area contributed by atoms with Crippen LogP contribution in [-0.4, -0.2) is 43.2 Å². The van der Waals surface area contributed by atoms with Crippen LogP contribution >= 0.6 is 0 Å². The van der Waals surface area contributed by atoms with Crippen molar-refractivity contribution in [3.05, 3.63) is 29.8 Å². The normalized spacial score (nSPS) is 10.7. The summed E-state index contributed by atoms with van der Waals surface area (Å²) >= 11 is 0. The molecule has 0 bridgehead atoms. The maximum absolute atomic E-state index is 11.7. The van der Waals surface area contributed by atoms with Gasteiger partial charge in [-0.1, -0.05) is 6.07 Å². The van der Waals surface area contributed by atoms with Gasteiger partial charge in [-0.3, -0.25) is 9.59 Å². The van der Waals surface area contributed by atoms with Gasteiger partial charge in [0.05, 0.1) is 13.0 Å². The molecular formula is C18H27N3O5. The van der Waals surface area contributed by atoms with Crippen molar-refractivity contribution in [1.29, 1.82) is 0 Å². The highest BCUT2D eigenvalue weighted by Crippen LogP contribution is 2.13. The first-order valence-corrected chi connectivity index (χ1v) is 8.43. The lowest BCUT2D eigenvalue weighted by atomic mass is 10.2. The lowest BCUT2D eigenvalue weighted by Gasteiger charge is -2.19. The molecule has 1 rings (SSSR count). The minimum Gasteiger partial charge on any atom is -0.493 e. The summed E-state index contributed by atoms with van der Waals surface area (Å²) in [5.74, 6) is -0.211. The fraction of sp³-hybridized carbons (Fsp3) is 0.500. The fourth-order valence-corrected chi connectivity index (χ4v) is 1.91. The largest absolute Gasteiger partial charge is 0.493 e. The summed E-state index contributed by atoms with van der Waals surface area (Å²) in [4.78, 5) is 34.2.